The highest BCUT2D eigenvalue weighted by atomic mass is 16.4. The lowest BCUT2D eigenvalue weighted by atomic mass is 10.1. The number of carboxylic acids is 1. The zero-order chi connectivity index (χ0) is 11.8. The van der Waals surface area contributed by atoms with E-state index in [-0.39, 0.29) is 5.92 Å². The number of nitrogens with one attached hydrogen (secondary N) is 1. The van der Waals surface area contributed by atoms with E-state index in [0.717, 1.165) is 13.0 Å². The van der Waals surface area contributed by atoms with Gasteiger partial charge in [0.2, 0.25) is 0 Å². The smallest absolute Gasteiger partial charge is 0.307 e. The second-order valence-electron chi connectivity index (χ2n) is 3.75. The van der Waals surface area contributed by atoms with Crippen LogP contribution in [0.5, 0.6) is 0 Å². The second kappa shape index (κ2) is 6.95. The van der Waals surface area contributed by atoms with Crippen molar-refractivity contribution in [2.24, 2.45) is 5.92 Å². The first-order valence-corrected chi connectivity index (χ1v) is 5.56. The lowest BCUT2D eigenvalue weighted by Crippen LogP contribution is -2.29. The molecule has 0 saturated heterocycles. The quantitative estimate of drug-likeness (QED) is 0.683. The first-order chi connectivity index (χ1) is 7.74. The third-order valence-electron chi connectivity index (χ3n) is 2.57. The zero-order valence-corrected chi connectivity index (χ0v) is 9.52. The maximum atomic E-state index is 10.7. The van der Waals surface area contributed by atoms with Crippen LogP contribution < -0.4 is 5.32 Å². The molecule has 4 nitrogen and oxygen atoms in total. The summed E-state index contributed by atoms with van der Waals surface area (Å²) in [5, 5.41) is 12.0. The summed E-state index contributed by atoms with van der Waals surface area (Å²) in [5.41, 5.74) is 1.21. The Kier molecular flexibility index (Phi) is 5.50. The van der Waals surface area contributed by atoms with E-state index >= 15 is 0 Å². The Morgan fingerprint density at radius 3 is 2.75 bits per heavy atom. The molecule has 88 valence electrons. The molecule has 4 heteroatoms. The highest BCUT2D eigenvalue weighted by Gasteiger charge is 2.13. The van der Waals surface area contributed by atoms with Crippen molar-refractivity contribution < 1.29 is 9.90 Å². The van der Waals surface area contributed by atoms with Gasteiger partial charge in [-0.3, -0.25) is 9.78 Å². The van der Waals surface area contributed by atoms with Crippen LogP contribution in [0.15, 0.2) is 24.5 Å². The van der Waals surface area contributed by atoms with E-state index in [1.807, 2.05) is 19.1 Å². The van der Waals surface area contributed by atoms with Crippen molar-refractivity contribution in [3.05, 3.63) is 30.1 Å². The van der Waals surface area contributed by atoms with Crippen LogP contribution in [0.1, 0.15) is 18.9 Å². The van der Waals surface area contributed by atoms with Gasteiger partial charge in [0.1, 0.15) is 0 Å². The van der Waals surface area contributed by atoms with Crippen molar-refractivity contribution in [3.8, 4) is 0 Å². The lowest BCUT2D eigenvalue weighted by molar-refractivity contribution is -0.141. The van der Waals surface area contributed by atoms with Gasteiger partial charge in [0.25, 0.3) is 0 Å². The van der Waals surface area contributed by atoms with Crippen LogP contribution in [-0.2, 0) is 11.2 Å². The minimum atomic E-state index is -0.723. The van der Waals surface area contributed by atoms with E-state index in [4.69, 9.17) is 5.11 Å². The fourth-order valence-corrected chi connectivity index (χ4v) is 1.46. The summed E-state index contributed by atoms with van der Waals surface area (Å²) in [7, 11) is 0. The maximum absolute atomic E-state index is 10.7. The molecule has 1 aromatic heterocycles. The van der Waals surface area contributed by atoms with Gasteiger partial charge < -0.3 is 10.4 Å². The predicted octanol–water partition coefficient (Wildman–Crippen LogP) is 1.32. The molecule has 0 aromatic carbocycles. The van der Waals surface area contributed by atoms with Gasteiger partial charge in [0.15, 0.2) is 0 Å². The summed E-state index contributed by atoms with van der Waals surface area (Å²) in [6, 6.07) is 3.94. The molecule has 0 saturated carbocycles. The van der Waals surface area contributed by atoms with Gasteiger partial charge in [0, 0.05) is 18.9 Å². The van der Waals surface area contributed by atoms with Gasteiger partial charge in [-0.25, -0.2) is 0 Å². The highest BCUT2D eigenvalue weighted by molar-refractivity contribution is 5.70. The predicted molar refractivity (Wildman–Crippen MR) is 62.2 cm³/mol. The van der Waals surface area contributed by atoms with Gasteiger partial charge in [0.05, 0.1) is 5.92 Å². The molecular weight excluding hydrogens is 204 g/mol. The van der Waals surface area contributed by atoms with Crippen molar-refractivity contribution in [2.75, 3.05) is 13.1 Å². The van der Waals surface area contributed by atoms with Gasteiger partial charge in [-0.05, 0) is 37.1 Å². The van der Waals surface area contributed by atoms with Crippen molar-refractivity contribution in [3.63, 3.8) is 0 Å². The maximum Gasteiger partial charge on any atom is 0.307 e. The SMILES string of the molecule is CCC(CNCCc1ccncc1)C(=O)O. The fourth-order valence-electron chi connectivity index (χ4n) is 1.46. The van der Waals surface area contributed by atoms with Crippen molar-refractivity contribution in [1.82, 2.24) is 10.3 Å². The fraction of sp³-hybridized carbons (Fsp3) is 0.500. The van der Waals surface area contributed by atoms with Crippen molar-refractivity contribution >= 4 is 5.97 Å². The molecule has 0 aliphatic carbocycles. The molecule has 0 spiro atoms. The van der Waals surface area contributed by atoms with Crippen molar-refractivity contribution in [2.45, 2.75) is 19.8 Å². The number of hydrogen-bond acceptors (Lipinski definition) is 3. The summed E-state index contributed by atoms with van der Waals surface area (Å²) in [6.45, 7) is 3.23. The standard InChI is InChI=1S/C12H18N2O2/c1-2-11(12(15)16)9-14-8-5-10-3-6-13-7-4-10/h3-4,6-7,11,14H,2,5,8-9H2,1H3,(H,15,16). The third kappa shape index (κ3) is 4.40. The van der Waals surface area contributed by atoms with Crippen LogP contribution in [0.3, 0.4) is 0 Å². The molecule has 0 radical (unpaired) electrons. The number of carboxylic acid groups (broad SMARTS) is 1. The first-order valence-electron chi connectivity index (χ1n) is 5.56. The Bertz CT molecular complexity index is 314. The Morgan fingerprint density at radius 1 is 1.50 bits per heavy atom. The number of pyridine rings is 1. The number of nitrogens with zero attached hydrogens (tertiary/aromatic N) is 1. The van der Waals surface area contributed by atoms with E-state index in [9.17, 15) is 4.79 Å². The first kappa shape index (κ1) is 12.6. The molecule has 0 fully saturated rings. The molecule has 1 atom stereocenters. The van der Waals surface area contributed by atoms with E-state index in [0.29, 0.717) is 13.0 Å². The van der Waals surface area contributed by atoms with Crippen LogP contribution in [0.25, 0.3) is 0 Å². The zero-order valence-electron chi connectivity index (χ0n) is 9.52. The third-order valence-corrected chi connectivity index (χ3v) is 2.57. The molecule has 1 aromatic rings. The normalized spacial score (nSPS) is 12.3. The molecule has 0 aliphatic rings. The summed E-state index contributed by atoms with van der Waals surface area (Å²) >= 11 is 0. The molecular formula is C12H18N2O2. The van der Waals surface area contributed by atoms with Crippen LogP contribution in [-0.4, -0.2) is 29.1 Å². The van der Waals surface area contributed by atoms with Crippen LogP contribution >= 0.6 is 0 Å². The lowest BCUT2D eigenvalue weighted by Gasteiger charge is -2.10. The summed E-state index contributed by atoms with van der Waals surface area (Å²) in [5.74, 6) is -1.00. The average Bonchev–Trinajstić information content (AvgIpc) is 2.30. The van der Waals surface area contributed by atoms with Crippen molar-refractivity contribution in [1.29, 1.82) is 0 Å². The van der Waals surface area contributed by atoms with E-state index < -0.39 is 5.97 Å². The topological polar surface area (TPSA) is 62.2 Å². The minimum absolute atomic E-state index is 0.280. The van der Waals surface area contributed by atoms with Crippen LogP contribution in [0.4, 0.5) is 0 Å². The summed E-state index contributed by atoms with van der Waals surface area (Å²) < 4.78 is 0. The Labute approximate surface area is 95.7 Å². The molecule has 0 amide bonds. The number of hydrogen-bond donors (Lipinski definition) is 2. The minimum Gasteiger partial charge on any atom is -0.481 e. The molecule has 2 N–H and O–H groups in total. The molecule has 0 bridgehead atoms. The van der Waals surface area contributed by atoms with Gasteiger partial charge in [-0.15, -0.1) is 0 Å². The largest absolute Gasteiger partial charge is 0.481 e. The Hall–Kier alpha value is -1.42. The number of rotatable bonds is 7. The number of aromatic nitrogens is 1. The monoisotopic (exact) mass is 222 g/mol. The molecule has 1 heterocycles. The molecule has 1 rings (SSSR count). The van der Waals surface area contributed by atoms with E-state index in [2.05, 4.69) is 10.3 Å². The average molecular weight is 222 g/mol. The van der Waals surface area contributed by atoms with Gasteiger partial charge in [-0.2, -0.15) is 0 Å². The Morgan fingerprint density at radius 2 is 2.19 bits per heavy atom. The summed E-state index contributed by atoms with van der Waals surface area (Å²) in [4.78, 5) is 14.7. The Balaban J connectivity index is 2.19. The van der Waals surface area contributed by atoms with Gasteiger partial charge >= 0.3 is 5.97 Å². The molecule has 16 heavy (non-hydrogen) atoms. The van der Waals surface area contributed by atoms with E-state index in [1.54, 1.807) is 12.4 Å². The van der Waals surface area contributed by atoms with Crippen LogP contribution in [0, 0.1) is 5.92 Å². The van der Waals surface area contributed by atoms with Gasteiger partial charge in [-0.1, -0.05) is 6.92 Å². The molecule has 0 aliphatic heterocycles. The highest BCUT2D eigenvalue weighted by Crippen LogP contribution is 2.01. The second-order valence-corrected chi connectivity index (χ2v) is 3.75. The van der Waals surface area contributed by atoms with Crippen LogP contribution in [0.2, 0.25) is 0 Å². The summed E-state index contributed by atoms with van der Waals surface area (Å²) in [6.07, 6.45) is 5.10. The number of aliphatic carboxylic acids is 1. The van der Waals surface area contributed by atoms with E-state index in [1.165, 1.54) is 5.56 Å². The number of carbonyl (C=O) groups is 1. The molecule has 1 unspecified atom stereocenters.